The molecule has 0 aliphatic heterocycles. The lowest BCUT2D eigenvalue weighted by Gasteiger charge is -2.34. The number of halogens is 3. The molecule has 126 valence electrons. The molecule has 22 heavy (non-hydrogen) atoms. The van der Waals surface area contributed by atoms with E-state index in [4.69, 9.17) is 14.8 Å². The summed E-state index contributed by atoms with van der Waals surface area (Å²) in [6, 6.07) is 2.21. The predicted molar refractivity (Wildman–Crippen MR) is 80.3 cm³/mol. The highest BCUT2D eigenvalue weighted by molar-refractivity contribution is 8.00. The zero-order chi connectivity index (χ0) is 17.2. The van der Waals surface area contributed by atoms with Crippen LogP contribution in [0.5, 0.6) is 0 Å². The fraction of sp³-hybridized carbons (Fsp3) is 0.846. The smallest absolute Gasteiger partial charge is 0.389 e. The summed E-state index contributed by atoms with van der Waals surface area (Å²) in [5, 5.41) is 13.2. The molecule has 0 amide bonds. The first-order valence-corrected chi connectivity index (χ1v) is 7.67. The van der Waals surface area contributed by atoms with E-state index in [1.54, 1.807) is 6.92 Å². The number of rotatable bonds is 5. The van der Waals surface area contributed by atoms with Crippen molar-refractivity contribution in [3.63, 3.8) is 0 Å². The van der Waals surface area contributed by atoms with E-state index in [9.17, 15) is 18.4 Å². The highest BCUT2D eigenvalue weighted by Crippen LogP contribution is 2.41. The van der Waals surface area contributed by atoms with Gasteiger partial charge in [-0.3, -0.25) is 0 Å². The van der Waals surface area contributed by atoms with Crippen LogP contribution in [-0.2, 0) is 4.84 Å². The molecule has 1 unspecified atom stereocenters. The molecule has 0 spiro atoms. The quantitative estimate of drug-likeness (QED) is 0.700. The summed E-state index contributed by atoms with van der Waals surface area (Å²) in [4.78, 5) is 18.7. The van der Waals surface area contributed by atoms with Gasteiger partial charge < -0.3 is 4.84 Å². The van der Waals surface area contributed by atoms with E-state index in [1.165, 1.54) is 7.11 Å². The summed E-state index contributed by atoms with van der Waals surface area (Å²) in [5.41, 5.74) is 0.962. The molecule has 9 heteroatoms. The summed E-state index contributed by atoms with van der Waals surface area (Å²) in [6.45, 7) is 1.75. The van der Waals surface area contributed by atoms with E-state index >= 15 is 0 Å². The van der Waals surface area contributed by atoms with Crippen LogP contribution in [0.3, 0.4) is 0 Å². The molecule has 5 nitrogen and oxygen atoms in total. The van der Waals surface area contributed by atoms with Gasteiger partial charge in [0, 0.05) is 15.7 Å². The summed E-state index contributed by atoms with van der Waals surface area (Å²) >= 11 is 1.12. The average Bonchev–Trinajstić information content (AvgIpc) is 2.49. The van der Waals surface area contributed by atoms with E-state index in [0.717, 1.165) is 43.2 Å². The highest BCUT2D eigenvalue weighted by Gasteiger charge is 2.38. The van der Waals surface area contributed by atoms with E-state index < -0.39 is 17.3 Å². The molecule has 0 saturated heterocycles. The second kappa shape index (κ2) is 9.66. The van der Waals surface area contributed by atoms with Gasteiger partial charge in [0.25, 0.3) is 0 Å². The van der Waals surface area contributed by atoms with Crippen molar-refractivity contribution < 1.29 is 18.0 Å². The van der Waals surface area contributed by atoms with Crippen molar-refractivity contribution in [2.75, 3.05) is 12.9 Å². The van der Waals surface area contributed by atoms with Crippen LogP contribution in [0.2, 0.25) is 0 Å². The Morgan fingerprint density at radius 3 is 2.32 bits per heavy atom. The summed E-state index contributed by atoms with van der Waals surface area (Å²) in [7, 11) is 1.49. The monoisotopic (exact) mass is 340 g/mol. The third-order valence-electron chi connectivity index (χ3n) is 3.57. The number of alkyl halides is 3. The van der Waals surface area contributed by atoms with Gasteiger partial charge in [0.05, 0.1) is 18.2 Å². The lowest BCUT2D eigenvalue weighted by molar-refractivity contribution is -0.129. The predicted octanol–water partition coefficient (Wildman–Crippen LogP) is 4.21. The molecule has 1 aliphatic carbocycles. The van der Waals surface area contributed by atoms with Gasteiger partial charge in [0.15, 0.2) is 0 Å². The average molecular weight is 340 g/mol. The number of nitriles is 1. The topological polar surface area (TPSA) is 79.5 Å². The standard InChI is InChI=1S/C13H19F3N2OS.O2/c1-12(9-17,20-8-7-13(14,15)16)10-3-5-11(6-4-10)18-19-2;1-2/h10H,3-8H2,1-2H3;. The molecule has 1 saturated carbocycles. The van der Waals surface area contributed by atoms with Crippen molar-refractivity contribution in [1.82, 2.24) is 0 Å². The Morgan fingerprint density at radius 2 is 1.91 bits per heavy atom. The fourth-order valence-corrected chi connectivity index (χ4v) is 3.64. The van der Waals surface area contributed by atoms with Gasteiger partial charge >= 0.3 is 6.18 Å². The second-order valence-corrected chi connectivity index (χ2v) is 6.59. The van der Waals surface area contributed by atoms with Gasteiger partial charge in [-0.1, -0.05) is 5.16 Å². The summed E-state index contributed by atoms with van der Waals surface area (Å²) in [6.07, 6.45) is -1.98. The normalized spacial score (nSPS) is 20.9. The minimum atomic E-state index is -4.16. The Labute approximate surface area is 131 Å². The van der Waals surface area contributed by atoms with Crippen LogP contribution < -0.4 is 0 Å². The third kappa shape index (κ3) is 7.11. The number of hydrogen-bond donors (Lipinski definition) is 0. The first-order valence-electron chi connectivity index (χ1n) is 6.68. The number of thioether (sulfide) groups is 1. The van der Waals surface area contributed by atoms with Crippen LogP contribution in [0.25, 0.3) is 0 Å². The molecule has 1 aliphatic rings. The van der Waals surface area contributed by atoms with E-state index in [-0.39, 0.29) is 11.7 Å². The minimum absolute atomic E-state index is 0.0664. The summed E-state index contributed by atoms with van der Waals surface area (Å²) in [5.74, 6) is 0.0323. The molecule has 0 heterocycles. The molecular weight excluding hydrogens is 321 g/mol. The van der Waals surface area contributed by atoms with Crippen molar-refractivity contribution >= 4 is 17.5 Å². The molecule has 1 fully saturated rings. The second-order valence-electron chi connectivity index (χ2n) is 5.05. The van der Waals surface area contributed by atoms with Crippen LogP contribution >= 0.6 is 11.8 Å². The fourth-order valence-electron chi connectivity index (χ4n) is 2.34. The SMILES string of the molecule is CON=C1CCC(C(C)(C#N)SCCC(F)(F)F)CC1.O=O. The molecule has 0 aromatic rings. The first-order chi connectivity index (χ1) is 10.3. The van der Waals surface area contributed by atoms with E-state index in [2.05, 4.69) is 11.2 Å². The number of hydrogen-bond acceptors (Lipinski definition) is 6. The van der Waals surface area contributed by atoms with Crippen molar-refractivity contribution in [2.45, 2.75) is 50.0 Å². The van der Waals surface area contributed by atoms with E-state index in [0.29, 0.717) is 0 Å². The van der Waals surface area contributed by atoms with Crippen molar-refractivity contribution in [2.24, 2.45) is 11.1 Å². The lowest BCUT2D eigenvalue weighted by Crippen LogP contribution is -2.33. The van der Waals surface area contributed by atoms with Crippen molar-refractivity contribution in [1.29, 1.82) is 5.26 Å². The Bertz CT molecular complexity index is 402. The zero-order valence-corrected chi connectivity index (χ0v) is 13.3. The van der Waals surface area contributed by atoms with E-state index in [1.807, 2.05) is 0 Å². The Morgan fingerprint density at radius 1 is 1.36 bits per heavy atom. The molecule has 0 bridgehead atoms. The molecule has 1 atom stereocenters. The van der Waals surface area contributed by atoms with Crippen molar-refractivity contribution in [3.8, 4) is 6.07 Å². The number of oxime groups is 1. The zero-order valence-electron chi connectivity index (χ0n) is 12.5. The lowest BCUT2D eigenvalue weighted by atomic mass is 9.80. The maximum Gasteiger partial charge on any atom is 0.389 e. The molecular formula is C13H19F3N2O3S. The Balaban J connectivity index is 0.00000211. The largest absolute Gasteiger partial charge is 0.399 e. The van der Waals surface area contributed by atoms with Crippen LogP contribution in [0.4, 0.5) is 13.2 Å². The van der Waals surface area contributed by atoms with Crippen LogP contribution in [-0.4, -0.2) is 29.5 Å². The van der Waals surface area contributed by atoms with Gasteiger partial charge in [-0.2, -0.15) is 18.4 Å². The first kappa shape index (κ1) is 20.7. The molecule has 0 aromatic carbocycles. The summed E-state index contributed by atoms with van der Waals surface area (Å²) < 4.78 is 35.8. The molecule has 0 radical (unpaired) electrons. The Kier molecular flexibility index (Phi) is 9.09. The van der Waals surface area contributed by atoms with Crippen molar-refractivity contribution in [3.05, 3.63) is 9.93 Å². The van der Waals surface area contributed by atoms with Gasteiger partial charge in [0.2, 0.25) is 0 Å². The number of nitrogens with zero attached hydrogens (tertiary/aromatic N) is 2. The van der Waals surface area contributed by atoms with Crippen LogP contribution in [0.15, 0.2) is 5.16 Å². The molecule has 0 N–H and O–H groups in total. The van der Waals surface area contributed by atoms with Gasteiger partial charge in [0.1, 0.15) is 11.9 Å². The minimum Gasteiger partial charge on any atom is -0.399 e. The maximum absolute atomic E-state index is 12.2. The van der Waals surface area contributed by atoms with Gasteiger partial charge in [-0.15, -0.1) is 11.8 Å². The third-order valence-corrected chi connectivity index (χ3v) is 5.00. The maximum atomic E-state index is 12.2. The molecule has 0 aromatic heterocycles. The van der Waals surface area contributed by atoms with Gasteiger partial charge in [-0.25, -0.2) is 0 Å². The Hall–Kier alpha value is -1.30. The van der Waals surface area contributed by atoms with Gasteiger partial charge in [-0.05, 0) is 38.5 Å². The highest BCUT2D eigenvalue weighted by atomic mass is 32.2. The van der Waals surface area contributed by atoms with Crippen LogP contribution in [0, 0.1) is 27.2 Å². The molecule has 1 rings (SSSR count). The van der Waals surface area contributed by atoms with Crippen LogP contribution in [0.1, 0.15) is 39.0 Å².